The van der Waals surface area contributed by atoms with Crippen LogP contribution in [0.4, 0.5) is 5.69 Å². The molecule has 1 N–H and O–H groups in total. The summed E-state index contributed by atoms with van der Waals surface area (Å²) in [4.78, 5) is 17.7. The van der Waals surface area contributed by atoms with E-state index in [-0.39, 0.29) is 5.91 Å². The molecular weight excluding hydrogens is 386 g/mol. The summed E-state index contributed by atoms with van der Waals surface area (Å²) in [5, 5.41) is 2.97. The van der Waals surface area contributed by atoms with Crippen molar-refractivity contribution in [3.63, 3.8) is 0 Å². The van der Waals surface area contributed by atoms with Gasteiger partial charge < -0.3 is 10.1 Å². The van der Waals surface area contributed by atoms with E-state index in [1.165, 1.54) is 24.9 Å². The van der Waals surface area contributed by atoms with Crippen molar-refractivity contribution in [2.75, 3.05) is 38.0 Å². The number of hydrogen-bond acceptors (Lipinski definition) is 4. The van der Waals surface area contributed by atoms with Crippen molar-refractivity contribution in [3.05, 3.63) is 65.7 Å². The summed E-state index contributed by atoms with van der Waals surface area (Å²) >= 11 is 0. The first-order valence-corrected chi connectivity index (χ1v) is 11.6. The lowest BCUT2D eigenvalue weighted by Crippen LogP contribution is -2.48. The van der Waals surface area contributed by atoms with Gasteiger partial charge in [0.25, 0.3) is 5.91 Å². The second kappa shape index (κ2) is 10.4. The summed E-state index contributed by atoms with van der Waals surface area (Å²) in [6.07, 6.45) is 3.17. The molecule has 2 fully saturated rings. The van der Waals surface area contributed by atoms with Gasteiger partial charge in [0.2, 0.25) is 0 Å². The Balaban J connectivity index is 1.26. The molecule has 1 amide bonds. The number of morpholine rings is 1. The largest absolute Gasteiger partial charge is 0.373 e. The topological polar surface area (TPSA) is 44.8 Å². The van der Waals surface area contributed by atoms with Gasteiger partial charge >= 0.3 is 0 Å². The van der Waals surface area contributed by atoms with Crippen molar-refractivity contribution in [1.29, 1.82) is 0 Å². The maximum atomic E-state index is 12.6. The van der Waals surface area contributed by atoms with Crippen LogP contribution in [0.15, 0.2) is 54.6 Å². The van der Waals surface area contributed by atoms with Crippen molar-refractivity contribution < 1.29 is 9.53 Å². The van der Waals surface area contributed by atoms with Gasteiger partial charge in [0, 0.05) is 37.4 Å². The maximum absolute atomic E-state index is 12.6. The molecule has 0 saturated carbocycles. The average molecular weight is 422 g/mol. The number of ether oxygens (including phenoxy) is 1. The zero-order chi connectivity index (χ0) is 21.6. The Bertz CT molecular complexity index is 839. The highest BCUT2D eigenvalue weighted by Crippen LogP contribution is 2.22. The molecule has 2 aliphatic heterocycles. The van der Waals surface area contributed by atoms with Crippen LogP contribution in [0.3, 0.4) is 0 Å². The number of anilines is 1. The van der Waals surface area contributed by atoms with E-state index in [0.717, 1.165) is 44.3 Å². The van der Waals surface area contributed by atoms with Crippen LogP contribution in [-0.4, -0.2) is 60.6 Å². The van der Waals surface area contributed by atoms with Crippen molar-refractivity contribution in [3.8, 4) is 0 Å². The Kier molecular flexibility index (Phi) is 7.38. The lowest BCUT2D eigenvalue weighted by Gasteiger charge is -2.39. The van der Waals surface area contributed by atoms with Gasteiger partial charge in [-0.05, 0) is 75.5 Å². The number of nitrogens with one attached hydrogen (secondary N) is 1. The smallest absolute Gasteiger partial charge is 0.255 e. The summed E-state index contributed by atoms with van der Waals surface area (Å²) in [7, 11) is 0. The third-order valence-electron chi connectivity index (χ3n) is 6.35. The molecule has 166 valence electrons. The Morgan fingerprint density at radius 1 is 0.968 bits per heavy atom. The Morgan fingerprint density at radius 2 is 1.68 bits per heavy atom. The Morgan fingerprint density at radius 3 is 2.39 bits per heavy atom. The minimum atomic E-state index is -0.0549. The number of piperidine rings is 1. The molecular formula is C26H35N3O2. The molecule has 5 nitrogen and oxygen atoms in total. The Labute approximate surface area is 186 Å². The van der Waals surface area contributed by atoms with Crippen LogP contribution in [-0.2, 0) is 11.3 Å². The van der Waals surface area contributed by atoms with E-state index in [2.05, 4.69) is 35.0 Å². The van der Waals surface area contributed by atoms with Gasteiger partial charge in [0.1, 0.15) is 0 Å². The molecule has 31 heavy (non-hydrogen) atoms. The summed E-state index contributed by atoms with van der Waals surface area (Å²) in [5.41, 5.74) is 2.74. The monoisotopic (exact) mass is 421 g/mol. The Hall–Kier alpha value is -2.21. The minimum absolute atomic E-state index is 0.0549. The predicted molar refractivity (Wildman–Crippen MR) is 125 cm³/mol. The maximum Gasteiger partial charge on any atom is 0.255 e. The number of hydrogen-bond donors (Lipinski definition) is 1. The van der Waals surface area contributed by atoms with E-state index < -0.39 is 0 Å². The van der Waals surface area contributed by atoms with Crippen molar-refractivity contribution in [2.45, 2.75) is 45.4 Å². The summed E-state index contributed by atoms with van der Waals surface area (Å²) in [6, 6.07) is 17.6. The highest BCUT2D eigenvalue weighted by Gasteiger charge is 2.26. The first-order chi connectivity index (χ1) is 15.0. The zero-order valence-corrected chi connectivity index (χ0v) is 18.8. The molecule has 2 unspecified atom stereocenters. The van der Waals surface area contributed by atoms with Gasteiger partial charge in [0.15, 0.2) is 0 Å². The van der Waals surface area contributed by atoms with Gasteiger partial charge in [-0.3, -0.25) is 14.6 Å². The van der Waals surface area contributed by atoms with E-state index in [4.69, 9.17) is 4.74 Å². The van der Waals surface area contributed by atoms with Gasteiger partial charge in [-0.25, -0.2) is 0 Å². The molecule has 0 aliphatic carbocycles. The van der Waals surface area contributed by atoms with Gasteiger partial charge in [-0.15, -0.1) is 0 Å². The fourth-order valence-corrected chi connectivity index (χ4v) is 4.92. The molecule has 0 spiro atoms. The van der Waals surface area contributed by atoms with Crippen LogP contribution in [0.5, 0.6) is 0 Å². The average Bonchev–Trinajstić information content (AvgIpc) is 2.75. The van der Waals surface area contributed by atoms with Gasteiger partial charge in [-0.1, -0.05) is 30.3 Å². The quantitative estimate of drug-likeness (QED) is 0.757. The number of nitrogens with zero attached hydrogens (tertiary/aromatic N) is 2. The molecule has 0 bridgehead atoms. The number of benzene rings is 2. The van der Waals surface area contributed by atoms with Crippen molar-refractivity contribution in [1.82, 2.24) is 9.80 Å². The third kappa shape index (κ3) is 6.39. The van der Waals surface area contributed by atoms with Crippen molar-refractivity contribution in [2.24, 2.45) is 5.92 Å². The number of carbonyl (C=O) groups excluding carboxylic acids is 1. The lowest BCUT2D eigenvalue weighted by molar-refractivity contribution is -0.0732. The van der Waals surface area contributed by atoms with Crippen LogP contribution in [0.25, 0.3) is 0 Å². The van der Waals surface area contributed by atoms with E-state index in [1.807, 2.05) is 48.5 Å². The molecule has 2 heterocycles. The second-order valence-electron chi connectivity index (χ2n) is 9.22. The lowest BCUT2D eigenvalue weighted by atomic mass is 9.95. The standard InChI is InChI=1S/C26H35N3O2/c1-20-16-29(17-21(2)31-20)18-22-11-13-28(14-12-22)19-23-7-6-8-24(15-23)26(30)27-25-9-4-3-5-10-25/h3-10,15,20-22H,11-14,16-19H2,1-2H3,(H,27,30). The van der Waals surface area contributed by atoms with Crippen LogP contribution < -0.4 is 5.32 Å². The first kappa shape index (κ1) is 22.0. The van der Waals surface area contributed by atoms with Crippen LogP contribution in [0, 0.1) is 5.92 Å². The molecule has 4 rings (SSSR count). The normalized spacial score (nSPS) is 23.5. The summed E-state index contributed by atoms with van der Waals surface area (Å²) in [5.74, 6) is 0.720. The molecule has 2 aromatic carbocycles. The molecule has 2 saturated heterocycles. The van der Waals surface area contributed by atoms with E-state index in [1.54, 1.807) is 0 Å². The molecule has 0 aromatic heterocycles. The summed E-state index contributed by atoms with van der Waals surface area (Å²) < 4.78 is 5.87. The number of likely N-dealkylation sites (tertiary alicyclic amines) is 1. The molecule has 0 radical (unpaired) electrons. The molecule has 2 aromatic rings. The fraction of sp³-hybridized carbons (Fsp3) is 0.500. The zero-order valence-electron chi connectivity index (χ0n) is 18.8. The molecule has 2 atom stereocenters. The second-order valence-corrected chi connectivity index (χ2v) is 9.22. The van der Waals surface area contributed by atoms with E-state index in [9.17, 15) is 4.79 Å². The number of amides is 1. The number of para-hydroxylation sites is 1. The third-order valence-corrected chi connectivity index (χ3v) is 6.35. The highest BCUT2D eigenvalue weighted by molar-refractivity contribution is 6.04. The summed E-state index contributed by atoms with van der Waals surface area (Å²) in [6.45, 7) is 10.8. The molecule has 2 aliphatic rings. The van der Waals surface area contributed by atoms with E-state index in [0.29, 0.717) is 17.8 Å². The van der Waals surface area contributed by atoms with Crippen LogP contribution >= 0.6 is 0 Å². The van der Waals surface area contributed by atoms with Crippen LogP contribution in [0.1, 0.15) is 42.6 Å². The SMILES string of the molecule is CC1CN(CC2CCN(Cc3cccc(C(=O)Nc4ccccc4)c3)CC2)CC(C)O1. The van der Waals surface area contributed by atoms with Crippen LogP contribution in [0.2, 0.25) is 0 Å². The predicted octanol–water partition coefficient (Wildman–Crippen LogP) is 4.26. The number of rotatable bonds is 6. The van der Waals surface area contributed by atoms with Crippen molar-refractivity contribution >= 4 is 11.6 Å². The minimum Gasteiger partial charge on any atom is -0.373 e. The first-order valence-electron chi connectivity index (χ1n) is 11.6. The fourth-order valence-electron chi connectivity index (χ4n) is 4.92. The number of carbonyl (C=O) groups is 1. The highest BCUT2D eigenvalue weighted by atomic mass is 16.5. The molecule has 5 heteroatoms. The van der Waals surface area contributed by atoms with Gasteiger partial charge in [0.05, 0.1) is 12.2 Å². The van der Waals surface area contributed by atoms with E-state index >= 15 is 0 Å². The van der Waals surface area contributed by atoms with Gasteiger partial charge in [-0.2, -0.15) is 0 Å².